The van der Waals surface area contributed by atoms with Gasteiger partial charge in [0, 0.05) is 39.4 Å². The van der Waals surface area contributed by atoms with Crippen LogP contribution in [0.3, 0.4) is 0 Å². The maximum atomic E-state index is 12.4. The molecule has 17 heavy (non-hydrogen) atoms. The maximum Gasteiger partial charge on any atom is 0.243 e. The van der Waals surface area contributed by atoms with Crippen molar-refractivity contribution in [3.8, 4) is 6.07 Å². The molecule has 1 amide bonds. The van der Waals surface area contributed by atoms with Crippen molar-refractivity contribution >= 4 is 5.91 Å². The molecule has 2 saturated heterocycles. The highest BCUT2D eigenvalue weighted by atomic mass is 16.5. The third-order valence-corrected chi connectivity index (χ3v) is 3.76. The topological polar surface area (TPSA) is 56.6 Å². The van der Waals surface area contributed by atoms with Gasteiger partial charge in [0.25, 0.3) is 0 Å². The van der Waals surface area contributed by atoms with Crippen LogP contribution in [-0.2, 0) is 9.53 Å². The molecule has 0 saturated carbocycles. The van der Waals surface area contributed by atoms with Crippen molar-refractivity contribution in [1.82, 2.24) is 9.80 Å². The predicted molar refractivity (Wildman–Crippen MR) is 62.2 cm³/mol. The molecule has 2 aliphatic rings. The molecule has 0 unspecified atom stereocenters. The molecule has 0 aromatic carbocycles. The molecule has 5 nitrogen and oxygen atoms in total. The highest BCUT2D eigenvalue weighted by molar-refractivity contribution is 5.85. The lowest BCUT2D eigenvalue weighted by Gasteiger charge is -2.38. The molecule has 0 spiro atoms. The molecule has 94 valence electrons. The number of hydrogen-bond donors (Lipinski definition) is 0. The van der Waals surface area contributed by atoms with Gasteiger partial charge in [0.2, 0.25) is 5.91 Å². The smallest absolute Gasteiger partial charge is 0.243 e. The third kappa shape index (κ3) is 2.43. The first-order valence-corrected chi connectivity index (χ1v) is 6.15. The molecule has 0 N–H and O–H groups in total. The molecule has 0 aromatic heterocycles. The summed E-state index contributed by atoms with van der Waals surface area (Å²) in [6.45, 7) is 4.30. The second kappa shape index (κ2) is 5.03. The van der Waals surface area contributed by atoms with Crippen molar-refractivity contribution in [2.45, 2.75) is 12.8 Å². The first-order valence-electron chi connectivity index (χ1n) is 6.15. The van der Waals surface area contributed by atoms with E-state index in [0.29, 0.717) is 26.1 Å². The van der Waals surface area contributed by atoms with Crippen molar-refractivity contribution in [2.75, 3.05) is 46.4 Å². The van der Waals surface area contributed by atoms with Crippen LogP contribution in [0.4, 0.5) is 0 Å². The number of rotatable bonds is 1. The van der Waals surface area contributed by atoms with Gasteiger partial charge in [-0.05, 0) is 19.9 Å². The zero-order valence-electron chi connectivity index (χ0n) is 10.3. The number of amides is 1. The zero-order valence-corrected chi connectivity index (χ0v) is 10.3. The molecule has 0 atom stereocenters. The summed E-state index contributed by atoms with van der Waals surface area (Å²) in [5, 5.41) is 9.33. The van der Waals surface area contributed by atoms with E-state index in [1.165, 1.54) is 0 Å². The molecule has 0 bridgehead atoms. The summed E-state index contributed by atoms with van der Waals surface area (Å²) in [6.07, 6.45) is 1.07. The zero-order chi connectivity index (χ0) is 12.3. The minimum atomic E-state index is -0.825. The van der Waals surface area contributed by atoms with Crippen LogP contribution < -0.4 is 0 Å². The molecule has 2 aliphatic heterocycles. The number of likely N-dealkylation sites (N-methyl/N-ethyl adjacent to an activating group) is 1. The van der Waals surface area contributed by atoms with Crippen LogP contribution in [0.15, 0.2) is 0 Å². The lowest BCUT2D eigenvalue weighted by molar-refractivity contribution is -0.145. The fourth-order valence-corrected chi connectivity index (χ4v) is 2.41. The summed E-state index contributed by atoms with van der Waals surface area (Å²) in [5.74, 6) is 0.0106. The summed E-state index contributed by atoms with van der Waals surface area (Å²) in [4.78, 5) is 16.5. The Hall–Kier alpha value is -1.12. The molecular formula is C12H19N3O2. The molecule has 0 aliphatic carbocycles. The van der Waals surface area contributed by atoms with Crippen LogP contribution in [0.5, 0.6) is 0 Å². The normalized spacial score (nSPS) is 25.3. The Labute approximate surface area is 102 Å². The average molecular weight is 237 g/mol. The highest BCUT2D eigenvalue weighted by Gasteiger charge is 2.43. The monoisotopic (exact) mass is 237 g/mol. The van der Waals surface area contributed by atoms with Gasteiger partial charge in [-0.2, -0.15) is 5.26 Å². The summed E-state index contributed by atoms with van der Waals surface area (Å²) in [7, 11) is 2.05. The van der Waals surface area contributed by atoms with Gasteiger partial charge in [-0.3, -0.25) is 4.79 Å². The molecule has 5 heteroatoms. The first-order chi connectivity index (χ1) is 8.18. The average Bonchev–Trinajstić information content (AvgIpc) is 2.39. The van der Waals surface area contributed by atoms with Gasteiger partial charge in [0.1, 0.15) is 5.41 Å². The maximum absolute atomic E-state index is 12.4. The number of piperazine rings is 1. The van der Waals surface area contributed by atoms with Crippen molar-refractivity contribution < 1.29 is 9.53 Å². The van der Waals surface area contributed by atoms with E-state index in [2.05, 4.69) is 18.0 Å². The third-order valence-electron chi connectivity index (χ3n) is 3.76. The Morgan fingerprint density at radius 2 is 1.82 bits per heavy atom. The minimum Gasteiger partial charge on any atom is -0.381 e. The van der Waals surface area contributed by atoms with Gasteiger partial charge < -0.3 is 14.5 Å². The number of nitriles is 1. The summed E-state index contributed by atoms with van der Waals surface area (Å²) in [6, 6.07) is 2.24. The molecule has 2 rings (SSSR count). The summed E-state index contributed by atoms with van der Waals surface area (Å²) < 4.78 is 5.25. The largest absolute Gasteiger partial charge is 0.381 e. The van der Waals surface area contributed by atoms with Gasteiger partial charge in [-0.25, -0.2) is 0 Å². The number of hydrogen-bond acceptors (Lipinski definition) is 4. The molecule has 2 heterocycles. The summed E-state index contributed by atoms with van der Waals surface area (Å²) in [5.41, 5.74) is -0.825. The van der Waals surface area contributed by atoms with Gasteiger partial charge in [0.05, 0.1) is 6.07 Å². The van der Waals surface area contributed by atoms with E-state index in [-0.39, 0.29) is 5.91 Å². The van der Waals surface area contributed by atoms with Crippen LogP contribution in [0.25, 0.3) is 0 Å². The first kappa shape index (κ1) is 12.3. The molecule has 0 radical (unpaired) electrons. The standard InChI is InChI=1S/C12H19N3O2/c1-14-4-6-15(7-5-14)11(16)12(10-13)2-8-17-9-3-12/h2-9H2,1H3. The van der Waals surface area contributed by atoms with Crippen molar-refractivity contribution in [2.24, 2.45) is 5.41 Å². The Bertz CT molecular complexity index is 323. The van der Waals surface area contributed by atoms with Gasteiger partial charge in [-0.1, -0.05) is 0 Å². The van der Waals surface area contributed by atoms with Gasteiger partial charge >= 0.3 is 0 Å². The molecular weight excluding hydrogens is 218 g/mol. The Morgan fingerprint density at radius 1 is 1.24 bits per heavy atom. The number of carbonyl (C=O) groups excluding carboxylic acids is 1. The molecule has 2 fully saturated rings. The van der Waals surface area contributed by atoms with E-state index in [9.17, 15) is 10.1 Å². The van der Waals surface area contributed by atoms with E-state index in [4.69, 9.17) is 4.74 Å². The van der Waals surface area contributed by atoms with Crippen LogP contribution in [0.2, 0.25) is 0 Å². The Kier molecular flexibility index (Phi) is 3.65. The number of carbonyl (C=O) groups is 1. The van der Waals surface area contributed by atoms with E-state index < -0.39 is 5.41 Å². The van der Waals surface area contributed by atoms with E-state index >= 15 is 0 Å². The second-order valence-electron chi connectivity index (χ2n) is 4.90. The van der Waals surface area contributed by atoms with Crippen LogP contribution in [0, 0.1) is 16.7 Å². The lowest BCUT2D eigenvalue weighted by Crippen LogP contribution is -2.53. The van der Waals surface area contributed by atoms with Crippen LogP contribution >= 0.6 is 0 Å². The number of ether oxygens (including phenoxy) is 1. The lowest BCUT2D eigenvalue weighted by atomic mass is 9.80. The fourth-order valence-electron chi connectivity index (χ4n) is 2.41. The van der Waals surface area contributed by atoms with E-state index in [1.54, 1.807) is 0 Å². The quantitative estimate of drug-likeness (QED) is 0.648. The SMILES string of the molecule is CN1CCN(C(=O)C2(C#N)CCOCC2)CC1. The van der Waals surface area contributed by atoms with E-state index in [1.807, 2.05) is 4.90 Å². The highest BCUT2D eigenvalue weighted by Crippen LogP contribution is 2.32. The van der Waals surface area contributed by atoms with Crippen molar-refractivity contribution in [1.29, 1.82) is 5.26 Å². The second-order valence-corrected chi connectivity index (χ2v) is 4.90. The molecule has 0 aromatic rings. The fraction of sp³-hybridized carbons (Fsp3) is 0.833. The van der Waals surface area contributed by atoms with Crippen molar-refractivity contribution in [3.63, 3.8) is 0 Å². The van der Waals surface area contributed by atoms with Crippen molar-refractivity contribution in [3.05, 3.63) is 0 Å². The van der Waals surface area contributed by atoms with Gasteiger partial charge in [0.15, 0.2) is 0 Å². The Balaban J connectivity index is 2.04. The Morgan fingerprint density at radius 3 is 2.35 bits per heavy atom. The van der Waals surface area contributed by atoms with Gasteiger partial charge in [-0.15, -0.1) is 0 Å². The van der Waals surface area contributed by atoms with Crippen LogP contribution in [-0.4, -0.2) is 62.1 Å². The predicted octanol–water partition coefficient (Wildman–Crippen LogP) is 0.0808. The summed E-state index contributed by atoms with van der Waals surface area (Å²) >= 11 is 0. The van der Waals surface area contributed by atoms with E-state index in [0.717, 1.165) is 26.2 Å². The van der Waals surface area contributed by atoms with Crippen LogP contribution in [0.1, 0.15) is 12.8 Å². The number of nitrogens with zero attached hydrogens (tertiary/aromatic N) is 3. The minimum absolute atomic E-state index is 0.0106.